The summed E-state index contributed by atoms with van der Waals surface area (Å²) in [4.78, 5) is 10.9. The summed E-state index contributed by atoms with van der Waals surface area (Å²) in [5, 5.41) is 12.7. The van der Waals surface area contributed by atoms with Crippen molar-refractivity contribution in [2.24, 2.45) is 0 Å². The summed E-state index contributed by atoms with van der Waals surface area (Å²) in [5.41, 5.74) is 1.92. The second-order valence-corrected chi connectivity index (χ2v) is 4.47. The van der Waals surface area contributed by atoms with Crippen LogP contribution in [-0.4, -0.2) is 36.6 Å². The first-order chi connectivity index (χ1) is 10.2. The summed E-state index contributed by atoms with van der Waals surface area (Å²) >= 11 is 0. The summed E-state index contributed by atoms with van der Waals surface area (Å²) in [5.74, 6) is -0.155. The minimum atomic E-state index is -1.17. The molecule has 7 nitrogen and oxygen atoms in total. The predicted molar refractivity (Wildman–Crippen MR) is 70.6 cm³/mol. The number of aromatic nitrogens is 1. The van der Waals surface area contributed by atoms with Gasteiger partial charge in [0.2, 0.25) is 5.76 Å². The molecular weight excluding hydrogens is 278 g/mol. The molecule has 0 aliphatic carbocycles. The first-order valence-electron chi connectivity index (χ1n) is 6.31. The zero-order valence-corrected chi connectivity index (χ0v) is 11.3. The number of ether oxygens (including phenoxy) is 3. The van der Waals surface area contributed by atoms with Crippen LogP contribution in [0.25, 0.3) is 11.3 Å². The molecule has 7 heteroatoms. The molecule has 0 bridgehead atoms. The van der Waals surface area contributed by atoms with E-state index in [0.717, 1.165) is 5.56 Å². The standard InChI is InChI=1S/C14H13NO6/c1-18-7-8-4-11-12(20-3-2-19-11)5-9(8)10-6-13(14(16)17)21-15-10/h4-6H,2-3,7H2,1H3,(H,16,17). The minimum Gasteiger partial charge on any atom is -0.486 e. The molecule has 0 amide bonds. The Morgan fingerprint density at radius 3 is 2.62 bits per heavy atom. The molecule has 0 atom stereocenters. The molecule has 0 saturated heterocycles. The highest BCUT2D eigenvalue weighted by Crippen LogP contribution is 2.37. The molecule has 0 fully saturated rings. The van der Waals surface area contributed by atoms with E-state index in [2.05, 4.69) is 5.16 Å². The maximum atomic E-state index is 10.9. The molecule has 2 heterocycles. The number of rotatable bonds is 4. The lowest BCUT2D eigenvalue weighted by Gasteiger charge is -2.20. The van der Waals surface area contributed by atoms with Crippen LogP contribution in [-0.2, 0) is 11.3 Å². The minimum absolute atomic E-state index is 0.219. The zero-order valence-electron chi connectivity index (χ0n) is 11.3. The normalized spacial score (nSPS) is 13.2. The predicted octanol–water partition coefficient (Wildman–Crippen LogP) is 1.96. The van der Waals surface area contributed by atoms with Crippen LogP contribution in [0.15, 0.2) is 22.7 Å². The van der Waals surface area contributed by atoms with E-state index in [-0.39, 0.29) is 5.76 Å². The SMILES string of the molecule is COCc1cc2c(cc1-c1cc(C(=O)O)on1)OCCO2. The van der Waals surface area contributed by atoms with E-state index < -0.39 is 5.97 Å². The van der Waals surface area contributed by atoms with E-state index in [1.807, 2.05) is 6.07 Å². The Bertz CT molecular complexity index is 678. The van der Waals surface area contributed by atoms with Crippen molar-refractivity contribution < 1.29 is 28.6 Å². The van der Waals surface area contributed by atoms with Crippen LogP contribution in [0.2, 0.25) is 0 Å². The van der Waals surface area contributed by atoms with E-state index >= 15 is 0 Å². The molecule has 3 rings (SSSR count). The van der Waals surface area contributed by atoms with E-state index in [0.29, 0.717) is 42.6 Å². The van der Waals surface area contributed by atoms with Crippen molar-refractivity contribution in [3.8, 4) is 22.8 Å². The number of aromatic carboxylic acids is 1. The monoisotopic (exact) mass is 291 g/mol. The summed E-state index contributed by atoms with van der Waals surface area (Å²) in [6.45, 7) is 1.29. The molecular formula is C14H13NO6. The molecule has 1 aromatic carbocycles. The number of methoxy groups -OCH3 is 1. The van der Waals surface area contributed by atoms with Crippen molar-refractivity contribution in [3.63, 3.8) is 0 Å². The molecule has 0 spiro atoms. The fraction of sp³-hybridized carbons (Fsp3) is 0.286. The maximum Gasteiger partial charge on any atom is 0.374 e. The van der Waals surface area contributed by atoms with Crippen molar-refractivity contribution in [1.29, 1.82) is 0 Å². The van der Waals surface area contributed by atoms with Gasteiger partial charge in [-0.2, -0.15) is 0 Å². The fourth-order valence-electron chi connectivity index (χ4n) is 2.15. The van der Waals surface area contributed by atoms with Crippen LogP contribution in [0.5, 0.6) is 11.5 Å². The average Bonchev–Trinajstić information content (AvgIpc) is 2.97. The quantitative estimate of drug-likeness (QED) is 0.920. The van der Waals surface area contributed by atoms with Gasteiger partial charge in [-0.25, -0.2) is 4.79 Å². The summed E-state index contributed by atoms with van der Waals surface area (Å²) in [6.07, 6.45) is 0. The van der Waals surface area contributed by atoms with Gasteiger partial charge in [0.1, 0.15) is 18.9 Å². The van der Waals surface area contributed by atoms with Gasteiger partial charge in [-0.1, -0.05) is 5.16 Å². The number of hydrogen-bond acceptors (Lipinski definition) is 6. The second kappa shape index (κ2) is 5.45. The smallest absolute Gasteiger partial charge is 0.374 e. The number of carboxylic acid groups (broad SMARTS) is 1. The highest BCUT2D eigenvalue weighted by Gasteiger charge is 2.20. The zero-order chi connectivity index (χ0) is 14.8. The van der Waals surface area contributed by atoms with Crippen molar-refractivity contribution in [1.82, 2.24) is 5.16 Å². The molecule has 0 saturated carbocycles. The van der Waals surface area contributed by atoms with Gasteiger partial charge in [0.05, 0.1) is 6.61 Å². The van der Waals surface area contributed by atoms with Crippen molar-refractivity contribution >= 4 is 5.97 Å². The fourth-order valence-corrected chi connectivity index (χ4v) is 2.15. The van der Waals surface area contributed by atoms with Gasteiger partial charge in [0, 0.05) is 18.7 Å². The Morgan fingerprint density at radius 2 is 2.00 bits per heavy atom. The van der Waals surface area contributed by atoms with Gasteiger partial charge < -0.3 is 23.8 Å². The van der Waals surface area contributed by atoms with E-state index in [9.17, 15) is 4.79 Å². The van der Waals surface area contributed by atoms with Gasteiger partial charge in [0.15, 0.2) is 11.5 Å². The van der Waals surface area contributed by atoms with E-state index in [1.54, 1.807) is 13.2 Å². The lowest BCUT2D eigenvalue weighted by molar-refractivity contribution is 0.0652. The molecule has 1 aliphatic rings. The number of benzene rings is 1. The first-order valence-corrected chi connectivity index (χ1v) is 6.31. The van der Waals surface area contributed by atoms with E-state index in [1.165, 1.54) is 6.07 Å². The summed E-state index contributed by atoms with van der Waals surface area (Å²) < 4.78 is 21.0. The van der Waals surface area contributed by atoms with Crippen LogP contribution in [0.3, 0.4) is 0 Å². The number of hydrogen-bond donors (Lipinski definition) is 1. The lowest BCUT2D eigenvalue weighted by atomic mass is 10.0. The second-order valence-electron chi connectivity index (χ2n) is 4.47. The summed E-state index contributed by atoms with van der Waals surface area (Å²) in [6, 6.07) is 4.93. The van der Waals surface area contributed by atoms with Gasteiger partial charge in [0.25, 0.3) is 0 Å². The lowest BCUT2D eigenvalue weighted by Crippen LogP contribution is -2.15. The van der Waals surface area contributed by atoms with Crippen molar-refractivity contribution in [2.75, 3.05) is 20.3 Å². The van der Waals surface area contributed by atoms with Crippen molar-refractivity contribution in [2.45, 2.75) is 6.61 Å². The molecule has 1 N–H and O–H groups in total. The highest BCUT2D eigenvalue weighted by molar-refractivity contribution is 5.86. The first kappa shape index (κ1) is 13.4. The molecule has 0 radical (unpaired) electrons. The Labute approximate surface area is 120 Å². The molecule has 1 aromatic heterocycles. The highest BCUT2D eigenvalue weighted by atomic mass is 16.6. The van der Waals surface area contributed by atoms with Gasteiger partial charge in [-0.05, 0) is 17.7 Å². The third-order valence-electron chi connectivity index (χ3n) is 3.06. The third kappa shape index (κ3) is 2.55. The van der Waals surface area contributed by atoms with Gasteiger partial charge in [-0.3, -0.25) is 0 Å². The molecule has 0 unspecified atom stereocenters. The maximum absolute atomic E-state index is 10.9. The Morgan fingerprint density at radius 1 is 1.29 bits per heavy atom. The van der Waals surface area contributed by atoms with Crippen molar-refractivity contribution in [3.05, 3.63) is 29.5 Å². The van der Waals surface area contributed by atoms with Gasteiger partial charge >= 0.3 is 5.97 Å². The number of fused-ring (bicyclic) bond motifs is 1. The van der Waals surface area contributed by atoms with E-state index in [4.69, 9.17) is 23.8 Å². The molecule has 2 aromatic rings. The third-order valence-corrected chi connectivity index (χ3v) is 3.06. The largest absolute Gasteiger partial charge is 0.486 e. The average molecular weight is 291 g/mol. The Hall–Kier alpha value is -2.54. The number of carboxylic acids is 1. The van der Waals surface area contributed by atoms with Crippen LogP contribution in [0, 0.1) is 0 Å². The molecule has 110 valence electrons. The Kier molecular flexibility index (Phi) is 3.49. The van der Waals surface area contributed by atoms with Crippen LogP contribution < -0.4 is 9.47 Å². The van der Waals surface area contributed by atoms with Crippen LogP contribution in [0.1, 0.15) is 16.1 Å². The van der Waals surface area contributed by atoms with Crippen LogP contribution in [0.4, 0.5) is 0 Å². The topological polar surface area (TPSA) is 91.0 Å². The number of carbonyl (C=O) groups is 1. The van der Waals surface area contributed by atoms with Crippen LogP contribution >= 0.6 is 0 Å². The summed E-state index contributed by atoms with van der Waals surface area (Å²) in [7, 11) is 1.58. The number of nitrogens with zero attached hydrogens (tertiary/aromatic N) is 1. The molecule has 1 aliphatic heterocycles. The van der Waals surface area contributed by atoms with Gasteiger partial charge in [-0.15, -0.1) is 0 Å². The molecule has 21 heavy (non-hydrogen) atoms. The Balaban J connectivity index is 2.07.